The Labute approximate surface area is 131 Å². The molecule has 0 amide bonds. The van der Waals surface area contributed by atoms with Crippen LogP contribution in [0.3, 0.4) is 0 Å². The van der Waals surface area contributed by atoms with Gasteiger partial charge in [-0.1, -0.05) is 6.08 Å². The fourth-order valence-corrected chi connectivity index (χ4v) is 3.06. The molecule has 1 saturated heterocycles. The highest BCUT2D eigenvalue weighted by Gasteiger charge is 2.33. The molecule has 2 aliphatic heterocycles. The lowest BCUT2D eigenvalue weighted by Crippen LogP contribution is -2.51. The monoisotopic (exact) mass is 304 g/mol. The molecule has 5 nitrogen and oxygen atoms in total. The highest BCUT2D eigenvalue weighted by molar-refractivity contribution is 5.78. The molecule has 2 bridgehead atoms. The Bertz CT molecular complexity index is 597. The van der Waals surface area contributed by atoms with Crippen LogP contribution < -0.4 is 0 Å². The summed E-state index contributed by atoms with van der Waals surface area (Å²) < 4.78 is 12.7. The number of fused-ring (bicyclic) bond motifs is 2. The third-order valence-electron chi connectivity index (χ3n) is 4.22. The predicted octanol–water partition coefficient (Wildman–Crippen LogP) is 2.76. The molecule has 0 aromatic carbocycles. The first-order valence-corrected chi connectivity index (χ1v) is 7.76. The van der Waals surface area contributed by atoms with Crippen LogP contribution in [0.4, 0.5) is 4.79 Å². The van der Waals surface area contributed by atoms with Crippen molar-refractivity contribution in [3.8, 4) is 0 Å². The van der Waals surface area contributed by atoms with Crippen LogP contribution in [0.25, 0.3) is 5.57 Å². The van der Waals surface area contributed by atoms with E-state index >= 15 is 0 Å². The number of nitrogens with zero attached hydrogens (tertiary/aromatic N) is 2. The van der Waals surface area contributed by atoms with Gasteiger partial charge in [0.15, 0.2) is 0 Å². The molecular weight excluding hydrogens is 280 g/mol. The fourth-order valence-electron chi connectivity index (χ4n) is 3.06. The van der Waals surface area contributed by atoms with Crippen molar-refractivity contribution in [3.05, 3.63) is 30.1 Å². The number of hydrogen-bond donors (Lipinski definition) is 0. The topological polar surface area (TPSA) is 43.7 Å². The van der Waals surface area contributed by atoms with Gasteiger partial charge >= 0.3 is 6.09 Å². The fraction of sp³-hybridized carbons (Fsp3) is 0.588. The molecule has 3 heterocycles. The van der Waals surface area contributed by atoms with Crippen LogP contribution in [0.2, 0.25) is 0 Å². The maximum Gasteiger partial charge on any atom is 0.418 e. The lowest BCUT2D eigenvalue weighted by atomic mass is 9.93. The summed E-state index contributed by atoms with van der Waals surface area (Å²) >= 11 is 0. The van der Waals surface area contributed by atoms with E-state index in [1.165, 1.54) is 5.57 Å². The summed E-state index contributed by atoms with van der Waals surface area (Å²) in [6.45, 7) is 7.10. The van der Waals surface area contributed by atoms with E-state index in [2.05, 4.69) is 18.0 Å². The van der Waals surface area contributed by atoms with Crippen LogP contribution >= 0.6 is 0 Å². The number of aromatic nitrogens is 1. The standard InChI is InChI=1S/C17H24N2O3/c1-17(2,3)22-16(20)19-7-5-6-15(19)12-8-13-10-21-11-14(9-12)18(13)4/h5-8,13-14H,9-11H2,1-4H3. The number of ether oxygens (including phenoxy) is 2. The van der Waals surface area contributed by atoms with Crippen molar-refractivity contribution < 1.29 is 14.3 Å². The summed E-state index contributed by atoms with van der Waals surface area (Å²) in [5, 5.41) is 0. The van der Waals surface area contributed by atoms with Crippen molar-refractivity contribution in [1.82, 2.24) is 9.47 Å². The van der Waals surface area contributed by atoms with E-state index in [-0.39, 0.29) is 12.1 Å². The van der Waals surface area contributed by atoms with E-state index < -0.39 is 5.60 Å². The third kappa shape index (κ3) is 2.96. The van der Waals surface area contributed by atoms with Gasteiger partial charge in [-0.15, -0.1) is 0 Å². The van der Waals surface area contributed by atoms with E-state index in [1.54, 1.807) is 10.8 Å². The summed E-state index contributed by atoms with van der Waals surface area (Å²) in [6.07, 6.45) is 4.55. The first-order valence-electron chi connectivity index (χ1n) is 7.76. The summed E-state index contributed by atoms with van der Waals surface area (Å²) in [6, 6.07) is 4.53. The molecule has 1 fully saturated rings. The zero-order valence-electron chi connectivity index (χ0n) is 13.7. The Morgan fingerprint density at radius 3 is 2.82 bits per heavy atom. The molecule has 2 atom stereocenters. The van der Waals surface area contributed by atoms with Crippen molar-refractivity contribution in [2.75, 3.05) is 20.3 Å². The SMILES string of the molecule is CN1C2C=C(c3cccn3C(=O)OC(C)(C)C)CC1COC2. The first kappa shape index (κ1) is 15.3. The summed E-state index contributed by atoms with van der Waals surface area (Å²) in [7, 11) is 2.14. The minimum Gasteiger partial charge on any atom is -0.443 e. The number of likely N-dealkylation sites (N-methyl/N-ethyl adjacent to an activating group) is 1. The smallest absolute Gasteiger partial charge is 0.418 e. The Morgan fingerprint density at radius 1 is 1.36 bits per heavy atom. The average Bonchev–Trinajstić information content (AvgIpc) is 2.85. The van der Waals surface area contributed by atoms with E-state index in [9.17, 15) is 4.79 Å². The summed E-state index contributed by atoms with van der Waals surface area (Å²) in [5.74, 6) is 0. The molecule has 0 saturated carbocycles. The van der Waals surface area contributed by atoms with Gasteiger partial charge in [-0.05, 0) is 51.9 Å². The molecule has 2 unspecified atom stereocenters. The molecule has 1 aromatic rings. The van der Waals surface area contributed by atoms with Crippen molar-refractivity contribution in [2.45, 2.75) is 44.9 Å². The average molecular weight is 304 g/mol. The van der Waals surface area contributed by atoms with E-state index in [1.807, 2.05) is 32.9 Å². The molecule has 3 rings (SSSR count). The van der Waals surface area contributed by atoms with Gasteiger partial charge in [-0.2, -0.15) is 0 Å². The highest BCUT2D eigenvalue weighted by atomic mass is 16.6. The lowest BCUT2D eigenvalue weighted by Gasteiger charge is -2.42. The molecule has 120 valence electrons. The lowest BCUT2D eigenvalue weighted by molar-refractivity contribution is -0.0222. The van der Waals surface area contributed by atoms with Gasteiger partial charge in [0.25, 0.3) is 0 Å². The molecular formula is C17H24N2O3. The Hall–Kier alpha value is -1.59. The molecule has 22 heavy (non-hydrogen) atoms. The van der Waals surface area contributed by atoms with Crippen LogP contribution in [-0.2, 0) is 9.47 Å². The van der Waals surface area contributed by atoms with Crippen LogP contribution in [0.5, 0.6) is 0 Å². The highest BCUT2D eigenvalue weighted by Crippen LogP contribution is 2.31. The molecule has 0 aliphatic carbocycles. The Morgan fingerprint density at radius 2 is 2.14 bits per heavy atom. The van der Waals surface area contributed by atoms with Gasteiger partial charge in [0.2, 0.25) is 0 Å². The van der Waals surface area contributed by atoms with Crippen molar-refractivity contribution >= 4 is 11.7 Å². The van der Waals surface area contributed by atoms with Gasteiger partial charge in [-0.25, -0.2) is 4.79 Å². The van der Waals surface area contributed by atoms with Crippen LogP contribution in [-0.4, -0.2) is 53.5 Å². The minimum atomic E-state index is -0.496. The Balaban J connectivity index is 1.88. The van der Waals surface area contributed by atoms with E-state index in [4.69, 9.17) is 9.47 Å². The molecule has 5 heteroatoms. The third-order valence-corrected chi connectivity index (χ3v) is 4.22. The van der Waals surface area contributed by atoms with Crippen molar-refractivity contribution in [1.29, 1.82) is 0 Å². The van der Waals surface area contributed by atoms with E-state index in [0.29, 0.717) is 12.6 Å². The predicted molar refractivity (Wildman–Crippen MR) is 84.8 cm³/mol. The van der Waals surface area contributed by atoms with Crippen molar-refractivity contribution in [3.63, 3.8) is 0 Å². The first-order chi connectivity index (χ1) is 10.3. The van der Waals surface area contributed by atoms with Gasteiger partial charge in [-0.3, -0.25) is 9.47 Å². The van der Waals surface area contributed by atoms with E-state index in [0.717, 1.165) is 18.7 Å². The maximum atomic E-state index is 12.4. The second kappa shape index (κ2) is 5.56. The zero-order valence-corrected chi connectivity index (χ0v) is 13.7. The maximum absolute atomic E-state index is 12.4. The van der Waals surface area contributed by atoms with Gasteiger partial charge in [0.1, 0.15) is 5.60 Å². The number of carbonyl (C=O) groups is 1. The van der Waals surface area contributed by atoms with Gasteiger partial charge in [0.05, 0.1) is 24.9 Å². The minimum absolute atomic E-state index is 0.282. The zero-order chi connectivity index (χ0) is 15.9. The number of carbonyl (C=O) groups excluding carboxylic acids is 1. The van der Waals surface area contributed by atoms with Crippen LogP contribution in [0, 0.1) is 0 Å². The number of hydrogen-bond acceptors (Lipinski definition) is 4. The normalized spacial score (nSPS) is 25.7. The molecule has 0 radical (unpaired) electrons. The van der Waals surface area contributed by atoms with Gasteiger partial charge in [0, 0.05) is 12.2 Å². The summed E-state index contributed by atoms with van der Waals surface area (Å²) in [5.41, 5.74) is 1.64. The molecule has 1 aromatic heterocycles. The number of rotatable bonds is 1. The molecule has 0 spiro atoms. The van der Waals surface area contributed by atoms with Crippen molar-refractivity contribution in [2.24, 2.45) is 0 Å². The van der Waals surface area contributed by atoms with Crippen LogP contribution in [0.15, 0.2) is 24.4 Å². The Kier molecular flexibility index (Phi) is 3.87. The molecule has 0 N–H and O–H groups in total. The quantitative estimate of drug-likeness (QED) is 0.800. The second-order valence-corrected chi connectivity index (χ2v) is 7.06. The number of morpholine rings is 1. The van der Waals surface area contributed by atoms with Crippen LogP contribution in [0.1, 0.15) is 32.9 Å². The van der Waals surface area contributed by atoms with Gasteiger partial charge < -0.3 is 9.47 Å². The molecule has 2 aliphatic rings. The second-order valence-electron chi connectivity index (χ2n) is 7.06. The largest absolute Gasteiger partial charge is 0.443 e. The summed E-state index contributed by atoms with van der Waals surface area (Å²) in [4.78, 5) is 14.7.